The summed E-state index contributed by atoms with van der Waals surface area (Å²) < 4.78 is 1.23. The fourth-order valence-electron chi connectivity index (χ4n) is 3.15. The van der Waals surface area contributed by atoms with E-state index >= 15 is 0 Å². The highest BCUT2D eigenvalue weighted by Crippen LogP contribution is 2.39. The Morgan fingerprint density at radius 2 is 1.87 bits per heavy atom. The van der Waals surface area contributed by atoms with Crippen LogP contribution in [-0.4, -0.2) is 9.55 Å². The van der Waals surface area contributed by atoms with Gasteiger partial charge in [0, 0.05) is 12.1 Å². The summed E-state index contributed by atoms with van der Waals surface area (Å²) in [5.74, 6) is 1.03. The van der Waals surface area contributed by atoms with Crippen LogP contribution in [0.3, 0.4) is 0 Å². The SMILES string of the molecule is CC(C)n1c(=O)cc(N[C@H](c2ccccc2)C2CCC2)[nH]c1=O. The summed E-state index contributed by atoms with van der Waals surface area (Å²) in [5.41, 5.74) is 0.549. The van der Waals surface area contributed by atoms with Crippen molar-refractivity contribution in [2.24, 2.45) is 5.92 Å². The second kappa shape index (κ2) is 6.44. The molecule has 1 fully saturated rings. The first-order valence-corrected chi connectivity index (χ1v) is 8.23. The second-order valence-corrected chi connectivity index (χ2v) is 6.51. The molecule has 0 radical (unpaired) electrons. The predicted octanol–water partition coefficient (Wildman–Crippen LogP) is 3.07. The van der Waals surface area contributed by atoms with Crippen LogP contribution < -0.4 is 16.6 Å². The molecular weight excluding hydrogens is 290 g/mol. The summed E-state index contributed by atoms with van der Waals surface area (Å²) in [6.07, 6.45) is 3.57. The molecule has 1 heterocycles. The molecule has 0 spiro atoms. The lowest BCUT2D eigenvalue weighted by Crippen LogP contribution is -2.37. The van der Waals surface area contributed by atoms with E-state index in [1.54, 1.807) is 0 Å². The van der Waals surface area contributed by atoms with Crippen molar-refractivity contribution < 1.29 is 0 Å². The molecule has 0 aliphatic heterocycles. The van der Waals surface area contributed by atoms with Gasteiger partial charge in [-0.15, -0.1) is 0 Å². The monoisotopic (exact) mass is 313 g/mol. The quantitative estimate of drug-likeness (QED) is 0.891. The maximum absolute atomic E-state index is 12.2. The summed E-state index contributed by atoms with van der Waals surface area (Å²) in [6, 6.07) is 11.6. The van der Waals surface area contributed by atoms with Crippen molar-refractivity contribution in [1.29, 1.82) is 0 Å². The molecule has 5 nitrogen and oxygen atoms in total. The molecule has 0 unspecified atom stereocenters. The van der Waals surface area contributed by atoms with E-state index in [-0.39, 0.29) is 23.3 Å². The highest BCUT2D eigenvalue weighted by molar-refractivity contribution is 5.38. The fourth-order valence-corrected chi connectivity index (χ4v) is 3.15. The molecule has 2 aromatic rings. The van der Waals surface area contributed by atoms with E-state index in [2.05, 4.69) is 22.4 Å². The molecule has 0 amide bonds. The number of benzene rings is 1. The van der Waals surface area contributed by atoms with Crippen LogP contribution in [0.2, 0.25) is 0 Å². The summed E-state index contributed by atoms with van der Waals surface area (Å²) in [7, 11) is 0. The first kappa shape index (κ1) is 15.6. The number of hydrogen-bond donors (Lipinski definition) is 2. The van der Waals surface area contributed by atoms with Crippen molar-refractivity contribution in [3.8, 4) is 0 Å². The van der Waals surface area contributed by atoms with Crippen molar-refractivity contribution in [3.05, 3.63) is 62.8 Å². The zero-order valence-electron chi connectivity index (χ0n) is 13.6. The predicted molar refractivity (Wildman–Crippen MR) is 91.9 cm³/mol. The Balaban J connectivity index is 1.92. The first-order valence-electron chi connectivity index (χ1n) is 8.23. The van der Waals surface area contributed by atoms with Crippen molar-refractivity contribution >= 4 is 5.82 Å². The molecule has 1 aliphatic rings. The van der Waals surface area contributed by atoms with Gasteiger partial charge in [-0.1, -0.05) is 36.8 Å². The van der Waals surface area contributed by atoms with Crippen LogP contribution in [0.15, 0.2) is 46.0 Å². The zero-order chi connectivity index (χ0) is 16.4. The maximum atomic E-state index is 12.2. The van der Waals surface area contributed by atoms with Crippen LogP contribution in [0.1, 0.15) is 50.8 Å². The van der Waals surface area contributed by atoms with E-state index < -0.39 is 0 Å². The number of nitrogens with one attached hydrogen (secondary N) is 2. The summed E-state index contributed by atoms with van der Waals surface area (Å²) in [6.45, 7) is 3.65. The third kappa shape index (κ3) is 3.23. The second-order valence-electron chi connectivity index (χ2n) is 6.51. The van der Waals surface area contributed by atoms with Gasteiger partial charge in [-0.2, -0.15) is 0 Å². The molecule has 1 aromatic heterocycles. The summed E-state index contributed by atoms with van der Waals surface area (Å²) >= 11 is 0. The number of H-pyrrole nitrogens is 1. The van der Waals surface area contributed by atoms with Crippen molar-refractivity contribution in [3.63, 3.8) is 0 Å². The minimum Gasteiger partial charge on any atom is -0.364 e. The van der Waals surface area contributed by atoms with Crippen LogP contribution in [0.25, 0.3) is 0 Å². The molecule has 0 saturated heterocycles. The number of rotatable bonds is 5. The third-order valence-corrected chi connectivity index (χ3v) is 4.57. The van der Waals surface area contributed by atoms with Crippen LogP contribution in [-0.2, 0) is 0 Å². The van der Waals surface area contributed by atoms with Crippen LogP contribution >= 0.6 is 0 Å². The molecule has 122 valence electrons. The average Bonchev–Trinajstić information content (AvgIpc) is 2.44. The Bertz CT molecular complexity index is 742. The number of aromatic nitrogens is 2. The number of nitrogens with zero attached hydrogens (tertiary/aromatic N) is 1. The van der Waals surface area contributed by atoms with E-state index in [1.165, 1.54) is 35.5 Å². The Labute approximate surface area is 135 Å². The number of anilines is 1. The van der Waals surface area contributed by atoms with E-state index in [4.69, 9.17) is 0 Å². The van der Waals surface area contributed by atoms with E-state index in [9.17, 15) is 9.59 Å². The Morgan fingerprint density at radius 1 is 1.17 bits per heavy atom. The topological polar surface area (TPSA) is 66.9 Å². The molecule has 1 aliphatic carbocycles. The molecule has 23 heavy (non-hydrogen) atoms. The molecular formula is C18H23N3O2. The highest BCUT2D eigenvalue weighted by Gasteiger charge is 2.28. The molecule has 5 heteroatoms. The maximum Gasteiger partial charge on any atom is 0.330 e. The van der Waals surface area contributed by atoms with Gasteiger partial charge in [0.05, 0.1) is 6.04 Å². The Kier molecular flexibility index (Phi) is 4.37. The van der Waals surface area contributed by atoms with E-state index in [0.717, 1.165) is 0 Å². The highest BCUT2D eigenvalue weighted by atomic mass is 16.2. The molecule has 1 atom stereocenters. The molecule has 1 saturated carbocycles. The summed E-state index contributed by atoms with van der Waals surface area (Å²) in [5, 5.41) is 3.38. The first-order chi connectivity index (χ1) is 11.1. The van der Waals surface area contributed by atoms with Gasteiger partial charge in [0.1, 0.15) is 5.82 Å². The normalized spacial score (nSPS) is 16.1. The van der Waals surface area contributed by atoms with Crippen molar-refractivity contribution in [2.45, 2.75) is 45.2 Å². The van der Waals surface area contributed by atoms with Crippen LogP contribution in [0.4, 0.5) is 5.82 Å². The van der Waals surface area contributed by atoms with Crippen LogP contribution in [0.5, 0.6) is 0 Å². The van der Waals surface area contributed by atoms with Gasteiger partial charge in [-0.05, 0) is 38.2 Å². The lowest BCUT2D eigenvalue weighted by Gasteiger charge is -2.35. The smallest absolute Gasteiger partial charge is 0.330 e. The zero-order valence-corrected chi connectivity index (χ0v) is 13.6. The molecule has 2 N–H and O–H groups in total. The van der Waals surface area contributed by atoms with Gasteiger partial charge in [0.2, 0.25) is 0 Å². The van der Waals surface area contributed by atoms with Gasteiger partial charge in [0.25, 0.3) is 5.56 Å². The fraction of sp³-hybridized carbons (Fsp3) is 0.444. The van der Waals surface area contributed by atoms with Gasteiger partial charge in [-0.25, -0.2) is 4.79 Å². The number of hydrogen-bond acceptors (Lipinski definition) is 3. The van der Waals surface area contributed by atoms with Crippen molar-refractivity contribution in [2.75, 3.05) is 5.32 Å². The Hall–Kier alpha value is -2.30. The standard InChI is InChI=1S/C18H23N3O2/c1-12(2)21-16(22)11-15(20-18(21)23)19-17(14-9-6-10-14)13-7-4-3-5-8-13/h3-5,7-8,11-12,14,17,19H,6,9-10H2,1-2H3,(H,20,23)/t17-/m1/s1. The largest absolute Gasteiger partial charge is 0.364 e. The van der Waals surface area contributed by atoms with Gasteiger partial charge < -0.3 is 5.32 Å². The lowest BCUT2D eigenvalue weighted by molar-refractivity contribution is 0.276. The van der Waals surface area contributed by atoms with E-state index in [0.29, 0.717) is 11.7 Å². The summed E-state index contributed by atoms with van der Waals surface area (Å²) in [4.78, 5) is 27.1. The van der Waals surface area contributed by atoms with Crippen molar-refractivity contribution in [1.82, 2.24) is 9.55 Å². The van der Waals surface area contributed by atoms with Crippen LogP contribution in [0, 0.1) is 5.92 Å². The molecule has 0 bridgehead atoms. The Morgan fingerprint density at radius 3 is 2.39 bits per heavy atom. The van der Waals surface area contributed by atoms with Gasteiger partial charge in [-0.3, -0.25) is 14.3 Å². The minimum atomic E-state index is -0.365. The van der Waals surface area contributed by atoms with Gasteiger partial charge in [0.15, 0.2) is 0 Å². The number of aromatic amines is 1. The molecule has 3 rings (SSSR count). The minimum absolute atomic E-state index is 0.120. The van der Waals surface area contributed by atoms with Gasteiger partial charge >= 0.3 is 5.69 Å². The lowest BCUT2D eigenvalue weighted by atomic mass is 9.77. The van der Waals surface area contributed by atoms with E-state index in [1.807, 2.05) is 32.0 Å². The molecule has 1 aromatic carbocycles. The average molecular weight is 313 g/mol. The third-order valence-electron chi connectivity index (χ3n) is 4.57.